The molecule has 3 aliphatic rings. The molecule has 10 heteroatoms. The SMILES string of the molecule is CC(C)n1nc(-c2cnc(N)c(OC(F)(F)F)c2)cc1[C@H]1[C@@H]2CN(C3COC3)C[C@@H]21. The van der Waals surface area contributed by atoms with E-state index >= 15 is 0 Å². The van der Waals surface area contributed by atoms with Crippen molar-refractivity contribution in [2.45, 2.75) is 38.2 Å². The molecule has 2 N–H and O–H groups in total. The Morgan fingerprint density at radius 2 is 1.90 bits per heavy atom. The Hall–Kier alpha value is -2.33. The van der Waals surface area contributed by atoms with Crippen LogP contribution in [0.1, 0.15) is 31.5 Å². The van der Waals surface area contributed by atoms with Gasteiger partial charge in [0, 0.05) is 42.5 Å². The summed E-state index contributed by atoms with van der Waals surface area (Å²) in [5.74, 6) is 0.805. The fourth-order valence-corrected chi connectivity index (χ4v) is 4.74. The van der Waals surface area contributed by atoms with E-state index in [2.05, 4.69) is 33.6 Å². The first-order valence-electron chi connectivity index (χ1n) is 10.1. The van der Waals surface area contributed by atoms with Gasteiger partial charge in [0.25, 0.3) is 0 Å². The summed E-state index contributed by atoms with van der Waals surface area (Å²) >= 11 is 0. The predicted molar refractivity (Wildman–Crippen MR) is 103 cm³/mol. The van der Waals surface area contributed by atoms with Gasteiger partial charge in [-0.25, -0.2) is 4.98 Å². The number of aromatic nitrogens is 3. The van der Waals surface area contributed by atoms with E-state index in [4.69, 9.17) is 10.5 Å². The highest BCUT2D eigenvalue weighted by Gasteiger charge is 2.58. The van der Waals surface area contributed by atoms with E-state index in [0.717, 1.165) is 32.0 Å². The summed E-state index contributed by atoms with van der Waals surface area (Å²) in [6.45, 7) is 7.88. The lowest BCUT2D eigenvalue weighted by Gasteiger charge is -2.35. The van der Waals surface area contributed by atoms with Crippen LogP contribution >= 0.6 is 0 Å². The van der Waals surface area contributed by atoms with E-state index < -0.39 is 12.1 Å². The lowest BCUT2D eigenvalue weighted by Crippen LogP contribution is -2.48. The predicted octanol–water partition coefficient (Wildman–Crippen LogP) is 3.05. The van der Waals surface area contributed by atoms with Gasteiger partial charge < -0.3 is 15.2 Å². The molecule has 1 saturated carbocycles. The van der Waals surface area contributed by atoms with E-state index in [1.54, 1.807) is 0 Å². The number of anilines is 1. The lowest BCUT2D eigenvalue weighted by atomic mass is 10.1. The van der Waals surface area contributed by atoms with Gasteiger partial charge in [0.2, 0.25) is 0 Å². The smallest absolute Gasteiger partial charge is 0.402 e. The van der Waals surface area contributed by atoms with Gasteiger partial charge >= 0.3 is 6.36 Å². The zero-order valence-corrected chi connectivity index (χ0v) is 16.8. The number of hydrogen-bond acceptors (Lipinski definition) is 6. The third-order valence-electron chi connectivity index (χ3n) is 6.36. The first-order valence-corrected chi connectivity index (χ1v) is 10.1. The standard InChI is InChI=1S/C20H24F3N5O2/c1-10(2)28-16(18-13-6-27(7-14(13)18)12-8-29-9-12)4-15(26-28)11-3-17(19(24)25-5-11)30-20(21,22)23/h3-5,10,12-14,18H,6-9H2,1-2H3,(H2,24,25)/t13-,14+,18+. The van der Waals surface area contributed by atoms with Crippen molar-refractivity contribution in [2.24, 2.45) is 11.8 Å². The van der Waals surface area contributed by atoms with E-state index in [1.165, 1.54) is 12.3 Å². The average Bonchev–Trinajstić information content (AvgIpc) is 2.97. The van der Waals surface area contributed by atoms with Crippen LogP contribution < -0.4 is 10.5 Å². The molecule has 5 rings (SSSR count). The third-order valence-corrected chi connectivity index (χ3v) is 6.36. The average molecular weight is 423 g/mol. The molecule has 2 aromatic heterocycles. The fourth-order valence-electron chi connectivity index (χ4n) is 4.74. The Balaban J connectivity index is 1.40. The summed E-state index contributed by atoms with van der Waals surface area (Å²) < 4.78 is 49.3. The van der Waals surface area contributed by atoms with Crippen molar-refractivity contribution in [1.29, 1.82) is 0 Å². The van der Waals surface area contributed by atoms with E-state index in [-0.39, 0.29) is 11.9 Å². The molecule has 1 aliphatic carbocycles. The molecule has 3 fully saturated rings. The Bertz CT molecular complexity index is 944. The van der Waals surface area contributed by atoms with Crippen molar-refractivity contribution < 1.29 is 22.6 Å². The minimum atomic E-state index is -4.83. The largest absolute Gasteiger partial charge is 0.573 e. The monoisotopic (exact) mass is 423 g/mol. The van der Waals surface area contributed by atoms with Gasteiger partial charge in [-0.05, 0) is 37.8 Å². The molecule has 30 heavy (non-hydrogen) atoms. The number of nitrogens with two attached hydrogens (primary N) is 1. The second kappa shape index (κ2) is 6.84. The third kappa shape index (κ3) is 3.41. The zero-order valence-electron chi connectivity index (χ0n) is 16.8. The maximum absolute atomic E-state index is 12.7. The molecule has 0 unspecified atom stereocenters. The van der Waals surface area contributed by atoms with Crippen LogP contribution in [0.15, 0.2) is 18.3 Å². The van der Waals surface area contributed by atoms with Crippen molar-refractivity contribution in [1.82, 2.24) is 19.7 Å². The second-order valence-electron chi connectivity index (χ2n) is 8.65. The summed E-state index contributed by atoms with van der Waals surface area (Å²) in [5, 5.41) is 4.68. The molecule has 0 bridgehead atoms. The van der Waals surface area contributed by atoms with Crippen LogP contribution in [0, 0.1) is 11.8 Å². The first kappa shape index (κ1) is 19.6. The molecule has 0 aromatic carbocycles. The van der Waals surface area contributed by atoms with Gasteiger partial charge in [0.1, 0.15) is 0 Å². The first-order chi connectivity index (χ1) is 14.2. The van der Waals surface area contributed by atoms with E-state index in [9.17, 15) is 13.2 Å². The lowest BCUT2D eigenvalue weighted by molar-refractivity contribution is -0.274. The van der Waals surface area contributed by atoms with Crippen LogP contribution in [0.5, 0.6) is 5.75 Å². The number of alkyl halides is 3. The van der Waals surface area contributed by atoms with Crippen molar-refractivity contribution >= 4 is 5.82 Å². The number of rotatable bonds is 5. The summed E-state index contributed by atoms with van der Waals surface area (Å²) in [5.41, 5.74) is 7.71. The molecule has 2 aliphatic heterocycles. The van der Waals surface area contributed by atoms with Gasteiger partial charge in [0.05, 0.1) is 24.9 Å². The van der Waals surface area contributed by atoms with Gasteiger partial charge in [0.15, 0.2) is 11.6 Å². The van der Waals surface area contributed by atoms with Gasteiger partial charge in [-0.15, -0.1) is 13.2 Å². The Morgan fingerprint density at radius 1 is 1.20 bits per heavy atom. The summed E-state index contributed by atoms with van der Waals surface area (Å²) in [7, 11) is 0. The molecule has 0 amide bonds. The van der Waals surface area contributed by atoms with Crippen molar-refractivity contribution in [3.05, 3.63) is 24.0 Å². The number of halogens is 3. The maximum Gasteiger partial charge on any atom is 0.573 e. The highest BCUT2D eigenvalue weighted by atomic mass is 19.4. The molecular formula is C20H24F3N5O2. The molecule has 0 spiro atoms. The fraction of sp³-hybridized carbons (Fsp3) is 0.600. The minimum absolute atomic E-state index is 0.138. The number of fused-ring (bicyclic) bond motifs is 1. The molecule has 3 atom stereocenters. The molecule has 4 heterocycles. The van der Waals surface area contributed by atoms with E-state index in [0.29, 0.717) is 35.1 Å². The number of piperidine rings is 1. The quantitative estimate of drug-likeness (QED) is 0.797. The van der Waals surface area contributed by atoms with Crippen LogP contribution in [-0.2, 0) is 4.74 Å². The second-order valence-corrected chi connectivity index (χ2v) is 8.65. The molecule has 7 nitrogen and oxygen atoms in total. The Kier molecular flexibility index (Phi) is 4.48. The Morgan fingerprint density at radius 3 is 2.47 bits per heavy atom. The highest BCUT2D eigenvalue weighted by Crippen LogP contribution is 2.59. The number of hydrogen-bond donors (Lipinski definition) is 1. The van der Waals surface area contributed by atoms with Gasteiger partial charge in [-0.1, -0.05) is 0 Å². The van der Waals surface area contributed by atoms with Gasteiger partial charge in [-0.3, -0.25) is 9.58 Å². The van der Waals surface area contributed by atoms with Crippen LogP contribution in [-0.4, -0.2) is 58.4 Å². The van der Waals surface area contributed by atoms with Crippen molar-refractivity contribution in [2.75, 3.05) is 32.0 Å². The minimum Gasteiger partial charge on any atom is -0.402 e. The number of nitrogen functional groups attached to an aromatic ring is 1. The highest BCUT2D eigenvalue weighted by molar-refractivity contribution is 5.64. The normalized spacial score (nSPS) is 26.7. The van der Waals surface area contributed by atoms with E-state index in [1.807, 2.05) is 10.7 Å². The molecule has 162 valence electrons. The summed E-state index contributed by atoms with van der Waals surface area (Å²) in [4.78, 5) is 6.38. The van der Waals surface area contributed by atoms with Crippen LogP contribution in [0.2, 0.25) is 0 Å². The summed E-state index contributed by atoms with van der Waals surface area (Å²) in [6.07, 6.45) is -3.40. The van der Waals surface area contributed by atoms with Crippen LogP contribution in [0.3, 0.4) is 0 Å². The molecule has 2 aromatic rings. The topological polar surface area (TPSA) is 78.4 Å². The molecular weight excluding hydrogens is 399 g/mol. The van der Waals surface area contributed by atoms with Crippen molar-refractivity contribution in [3.63, 3.8) is 0 Å². The maximum atomic E-state index is 12.7. The number of likely N-dealkylation sites (tertiary alicyclic amines) is 1. The number of pyridine rings is 1. The van der Waals surface area contributed by atoms with Crippen LogP contribution in [0.4, 0.5) is 19.0 Å². The summed E-state index contributed by atoms with van der Waals surface area (Å²) in [6, 6.07) is 3.92. The molecule has 2 saturated heterocycles. The van der Waals surface area contributed by atoms with Crippen molar-refractivity contribution in [3.8, 4) is 17.0 Å². The number of nitrogens with zero attached hydrogens (tertiary/aromatic N) is 4. The Labute approximate surface area is 172 Å². The molecule has 0 radical (unpaired) electrons. The zero-order chi connectivity index (χ0) is 21.2. The van der Waals surface area contributed by atoms with Gasteiger partial charge in [-0.2, -0.15) is 5.10 Å². The number of ether oxygens (including phenoxy) is 2. The van der Waals surface area contributed by atoms with Crippen LogP contribution in [0.25, 0.3) is 11.3 Å².